The molecule has 1 heterocycles. The van der Waals surface area contributed by atoms with Gasteiger partial charge >= 0.3 is 12.0 Å². The summed E-state index contributed by atoms with van der Waals surface area (Å²) in [5, 5.41) is 2.59. The van der Waals surface area contributed by atoms with Gasteiger partial charge in [0.05, 0.1) is 19.7 Å². The lowest BCUT2D eigenvalue weighted by atomic mass is 10.4. The quantitative estimate of drug-likeness (QED) is 0.662. The molecule has 0 bridgehead atoms. The molecule has 0 aromatic carbocycles. The molecule has 2 rings (SSSR count). The Kier molecular flexibility index (Phi) is 4.36. The van der Waals surface area contributed by atoms with Crippen molar-refractivity contribution < 1.29 is 19.1 Å². The molecule has 3 amide bonds. The highest BCUT2D eigenvalue weighted by Gasteiger charge is 2.34. The third-order valence-corrected chi connectivity index (χ3v) is 3.20. The van der Waals surface area contributed by atoms with Crippen LogP contribution in [0.15, 0.2) is 0 Å². The third-order valence-electron chi connectivity index (χ3n) is 3.20. The maximum Gasteiger partial charge on any atom is 0.324 e. The number of rotatable bonds is 6. The highest BCUT2D eigenvalue weighted by Crippen LogP contribution is 2.26. The molecular formula is C12H19N3O4. The molecule has 1 aliphatic heterocycles. The number of carbonyl (C=O) groups is 3. The van der Waals surface area contributed by atoms with E-state index in [0.29, 0.717) is 19.7 Å². The van der Waals surface area contributed by atoms with E-state index in [4.69, 9.17) is 4.74 Å². The van der Waals surface area contributed by atoms with Crippen LogP contribution >= 0.6 is 0 Å². The zero-order valence-corrected chi connectivity index (χ0v) is 11.1. The lowest BCUT2D eigenvalue weighted by Crippen LogP contribution is -2.44. The normalized spacial score (nSPS) is 18.6. The predicted octanol–water partition coefficient (Wildman–Crippen LogP) is -0.434. The molecule has 2 aliphatic rings. The molecule has 0 unspecified atom stereocenters. The Bertz CT molecular complexity index is 381. The molecule has 7 heteroatoms. The molecule has 2 fully saturated rings. The van der Waals surface area contributed by atoms with Crippen molar-refractivity contribution in [3.05, 3.63) is 0 Å². The smallest absolute Gasteiger partial charge is 0.324 e. The number of nitrogens with zero attached hydrogens (tertiary/aromatic N) is 2. The molecule has 7 nitrogen and oxygen atoms in total. The van der Waals surface area contributed by atoms with E-state index >= 15 is 0 Å². The summed E-state index contributed by atoms with van der Waals surface area (Å²) in [6.07, 6.45) is 1.97. The van der Waals surface area contributed by atoms with Crippen molar-refractivity contribution in [3.8, 4) is 0 Å². The summed E-state index contributed by atoms with van der Waals surface area (Å²) in [6, 6.07) is -0.0871. The van der Waals surface area contributed by atoms with Gasteiger partial charge in [-0.1, -0.05) is 0 Å². The Morgan fingerprint density at radius 2 is 2.16 bits per heavy atom. The number of imide groups is 1. The molecule has 106 valence electrons. The van der Waals surface area contributed by atoms with Crippen LogP contribution in [-0.4, -0.2) is 66.5 Å². The van der Waals surface area contributed by atoms with Crippen molar-refractivity contribution in [1.82, 2.24) is 15.1 Å². The van der Waals surface area contributed by atoms with Crippen molar-refractivity contribution in [3.63, 3.8) is 0 Å². The van der Waals surface area contributed by atoms with Crippen molar-refractivity contribution in [2.24, 2.45) is 0 Å². The molecule has 0 radical (unpaired) electrons. The number of carbonyl (C=O) groups excluding carboxylic acids is 3. The van der Waals surface area contributed by atoms with E-state index in [1.165, 1.54) is 4.90 Å². The number of nitrogens with one attached hydrogen (secondary N) is 1. The highest BCUT2D eigenvalue weighted by atomic mass is 16.5. The van der Waals surface area contributed by atoms with Crippen LogP contribution in [0.3, 0.4) is 0 Å². The lowest BCUT2D eigenvalue weighted by molar-refractivity contribution is -0.145. The Labute approximate surface area is 111 Å². The minimum Gasteiger partial charge on any atom is -0.465 e. The SMILES string of the molecule is CCOC(=O)CN(CC(=O)N1CCNC1=O)C1CC1. The number of ether oxygens (including phenoxy) is 1. The zero-order chi connectivity index (χ0) is 13.8. The topological polar surface area (TPSA) is 79.0 Å². The highest BCUT2D eigenvalue weighted by molar-refractivity contribution is 5.96. The van der Waals surface area contributed by atoms with E-state index < -0.39 is 0 Å². The Morgan fingerprint density at radius 1 is 1.42 bits per heavy atom. The fourth-order valence-electron chi connectivity index (χ4n) is 2.09. The fraction of sp³-hybridized carbons (Fsp3) is 0.750. The molecule has 1 saturated heterocycles. The Balaban J connectivity index is 1.87. The van der Waals surface area contributed by atoms with Gasteiger partial charge in [0.1, 0.15) is 0 Å². The first kappa shape index (κ1) is 13.8. The van der Waals surface area contributed by atoms with Gasteiger partial charge in [0.2, 0.25) is 5.91 Å². The largest absolute Gasteiger partial charge is 0.465 e. The van der Waals surface area contributed by atoms with Gasteiger partial charge in [-0.25, -0.2) is 4.79 Å². The number of hydrogen-bond acceptors (Lipinski definition) is 5. The van der Waals surface area contributed by atoms with Crippen molar-refractivity contribution in [1.29, 1.82) is 0 Å². The summed E-state index contributed by atoms with van der Waals surface area (Å²) in [5.74, 6) is -0.584. The van der Waals surface area contributed by atoms with Crippen LogP contribution in [-0.2, 0) is 14.3 Å². The lowest BCUT2D eigenvalue weighted by Gasteiger charge is -2.22. The second-order valence-corrected chi connectivity index (χ2v) is 4.72. The van der Waals surface area contributed by atoms with E-state index in [1.807, 2.05) is 0 Å². The minimum atomic E-state index is -0.350. The van der Waals surface area contributed by atoms with Gasteiger partial charge in [-0.15, -0.1) is 0 Å². The van der Waals surface area contributed by atoms with E-state index in [2.05, 4.69) is 5.32 Å². The molecule has 0 atom stereocenters. The standard InChI is InChI=1S/C12H19N3O4/c1-2-19-11(17)8-14(9-3-4-9)7-10(16)15-6-5-13-12(15)18/h9H,2-8H2,1H3,(H,13,18). The third kappa shape index (κ3) is 3.66. The van der Waals surface area contributed by atoms with Crippen molar-refractivity contribution in [2.75, 3.05) is 32.8 Å². The van der Waals surface area contributed by atoms with Gasteiger partial charge in [0, 0.05) is 19.1 Å². The van der Waals surface area contributed by atoms with Crippen molar-refractivity contribution >= 4 is 17.9 Å². The summed E-state index contributed by atoms with van der Waals surface area (Å²) >= 11 is 0. The van der Waals surface area contributed by atoms with Crippen LogP contribution in [0.4, 0.5) is 4.79 Å². The molecule has 1 N–H and O–H groups in total. The van der Waals surface area contributed by atoms with Crippen LogP contribution in [0, 0.1) is 0 Å². The first-order valence-electron chi connectivity index (χ1n) is 6.59. The Morgan fingerprint density at radius 3 is 2.68 bits per heavy atom. The van der Waals surface area contributed by atoms with E-state index in [1.54, 1.807) is 11.8 Å². The molecule has 0 spiro atoms. The Hall–Kier alpha value is -1.63. The minimum absolute atomic E-state index is 0.0941. The summed E-state index contributed by atoms with van der Waals surface area (Å²) < 4.78 is 4.89. The van der Waals surface area contributed by atoms with Crippen LogP contribution in [0.1, 0.15) is 19.8 Å². The molecule has 0 aromatic rings. The van der Waals surface area contributed by atoms with Crippen molar-refractivity contribution in [2.45, 2.75) is 25.8 Å². The van der Waals surface area contributed by atoms with Gasteiger partial charge < -0.3 is 10.1 Å². The van der Waals surface area contributed by atoms with Crippen LogP contribution in [0.2, 0.25) is 0 Å². The first-order chi connectivity index (χ1) is 9.11. The van der Waals surface area contributed by atoms with Gasteiger partial charge in [0.15, 0.2) is 0 Å². The maximum atomic E-state index is 12.0. The molecule has 1 saturated carbocycles. The van der Waals surface area contributed by atoms with Crippen LogP contribution < -0.4 is 5.32 Å². The maximum absolute atomic E-state index is 12.0. The van der Waals surface area contributed by atoms with E-state index in [-0.39, 0.29) is 37.0 Å². The number of hydrogen-bond donors (Lipinski definition) is 1. The summed E-state index contributed by atoms with van der Waals surface area (Å²) in [4.78, 5) is 37.9. The molecule has 19 heavy (non-hydrogen) atoms. The van der Waals surface area contributed by atoms with Gasteiger partial charge in [-0.3, -0.25) is 19.4 Å². The number of urea groups is 1. The van der Waals surface area contributed by atoms with Gasteiger partial charge in [-0.2, -0.15) is 0 Å². The summed E-state index contributed by atoms with van der Waals surface area (Å²) in [6.45, 7) is 3.18. The average Bonchev–Trinajstić information content (AvgIpc) is 3.11. The van der Waals surface area contributed by atoms with Gasteiger partial charge in [-0.05, 0) is 19.8 Å². The van der Waals surface area contributed by atoms with Crippen LogP contribution in [0.5, 0.6) is 0 Å². The first-order valence-corrected chi connectivity index (χ1v) is 6.59. The molecular weight excluding hydrogens is 250 g/mol. The monoisotopic (exact) mass is 269 g/mol. The summed E-state index contributed by atoms with van der Waals surface area (Å²) in [5.41, 5.74) is 0. The number of amides is 3. The van der Waals surface area contributed by atoms with Crippen LogP contribution in [0.25, 0.3) is 0 Å². The predicted molar refractivity (Wildman–Crippen MR) is 66.3 cm³/mol. The second-order valence-electron chi connectivity index (χ2n) is 4.72. The molecule has 0 aromatic heterocycles. The second kappa shape index (κ2) is 6.01. The summed E-state index contributed by atoms with van der Waals surface area (Å²) in [7, 11) is 0. The van der Waals surface area contributed by atoms with E-state index in [0.717, 1.165) is 12.8 Å². The fourth-order valence-corrected chi connectivity index (χ4v) is 2.09. The van der Waals surface area contributed by atoms with E-state index in [9.17, 15) is 14.4 Å². The van der Waals surface area contributed by atoms with Gasteiger partial charge in [0.25, 0.3) is 0 Å². The number of esters is 1. The zero-order valence-electron chi connectivity index (χ0n) is 11.1. The molecule has 1 aliphatic carbocycles. The average molecular weight is 269 g/mol.